The molecule has 1 N–H and O–H groups in total. The average molecular weight is 316 g/mol. The van der Waals surface area contributed by atoms with Crippen LogP contribution in [0.1, 0.15) is 19.4 Å². The molecule has 23 heavy (non-hydrogen) atoms. The fourth-order valence-corrected chi connectivity index (χ4v) is 2.09. The molecule has 0 heterocycles. The first-order chi connectivity index (χ1) is 10.9. The van der Waals surface area contributed by atoms with Gasteiger partial charge in [-0.15, -0.1) is 0 Å². The Hall–Kier alpha value is -2.56. The van der Waals surface area contributed by atoms with E-state index in [1.165, 1.54) is 17.0 Å². The molecule has 122 valence electrons. The number of benzene rings is 2. The summed E-state index contributed by atoms with van der Waals surface area (Å²) in [6.07, 6.45) is 0.104. The zero-order chi connectivity index (χ0) is 16.8. The van der Waals surface area contributed by atoms with Crippen LogP contribution < -0.4 is 10.1 Å². The largest absolute Gasteiger partial charge is 0.491 e. The SMILES string of the molecule is CC(C)Oc1ccc(NC(=O)N(C)Cc2cccc(F)c2)cc1. The minimum atomic E-state index is -0.308. The molecule has 0 fully saturated rings. The smallest absolute Gasteiger partial charge is 0.321 e. The minimum absolute atomic E-state index is 0.104. The van der Waals surface area contributed by atoms with Crippen molar-refractivity contribution in [2.75, 3.05) is 12.4 Å². The highest BCUT2D eigenvalue weighted by molar-refractivity contribution is 5.89. The van der Waals surface area contributed by atoms with Crippen molar-refractivity contribution >= 4 is 11.7 Å². The molecule has 0 unspecified atom stereocenters. The number of rotatable bonds is 5. The second kappa shape index (κ2) is 7.63. The summed E-state index contributed by atoms with van der Waals surface area (Å²) < 4.78 is 18.7. The highest BCUT2D eigenvalue weighted by Crippen LogP contribution is 2.17. The van der Waals surface area contributed by atoms with Crippen molar-refractivity contribution in [2.24, 2.45) is 0 Å². The summed E-state index contributed by atoms with van der Waals surface area (Å²) >= 11 is 0. The Morgan fingerprint density at radius 2 is 1.91 bits per heavy atom. The maximum atomic E-state index is 13.2. The molecule has 0 atom stereocenters. The lowest BCUT2D eigenvalue weighted by Crippen LogP contribution is -2.30. The third-order valence-corrected chi connectivity index (χ3v) is 3.13. The van der Waals surface area contributed by atoms with Crippen LogP contribution in [0.4, 0.5) is 14.9 Å². The van der Waals surface area contributed by atoms with Crippen molar-refractivity contribution < 1.29 is 13.9 Å². The van der Waals surface area contributed by atoms with Crippen LogP contribution in [0, 0.1) is 5.82 Å². The summed E-state index contributed by atoms with van der Waals surface area (Å²) in [6.45, 7) is 4.24. The van der Waals surface area contributed by atoms with Crippen LogP contribution in [0.3, 0.4) is 0 Å². The van der Waals surface area contributed by atoms with Crippen LogP contribution >= 0.6 is 0 Å². The van der Waals surface area contributed by atoms with Gasteiger partial charge in [0, 0.05) is 19.3 Å². The topological polar surface area (TPSA) is 41.6 Å². The number of nitrogens with zero attached hydrogens (tertiary/aromatic N) is 1. The molecule has 0 spiro atoms. The number of anilines is 1. The fraction of sp³-hybridized carbons (Fsp3) is 0.278. The number of urea groups is 1. The van der Waals surface area contributed by atoms with Gasteiger partial charge in [-0.05, 0) is 55.8 Å². The molecule has 2 aromatic carbocycles. The molecule has 0 aliphatic rings. The number of amides is 2. The summed E-state index contributed by atoms with van der Waals surface area (Å²) in [5, 5.41) is 2.79. The zero-order valence-electron chi connectivity index (χ0n) is 13.5. The Kier molecular flexibility index (Phi) is 5.57. The van der Waals surface area contributed by atoms with Crippen molar-refractivity contribution in [3.63, 3.8) is 0 Å². The van der Waals surface area contributed by atoms with E-state index in [9.17, 15) is 9.18 Å². The Labute approximate surface area is 135 Å². The Bertz CT molecular complexity index is 656. The first-order valence-electron chi connectivity index (χ1n) is 7.47. The molecule has 0 aromatic heterocycles. The lowest BCUT2D eigenvalue weighted by molar-refractivity contribution is 0.220. The predicted octanol–water partition coefficient (Wildman–Crippen LogP) is 4.28. The van der Waals surface area contributed by atoms with Gasteiger partial charge in [0.15, 0.2) is 0 Å². The van der Waals surface area contributed by atoms with Gasteiger partial charge in [-0.25, -0.2) is 9.18 Å². The predicted molar refractivity (Wildman–Crippen MR) is 89.1 cm³/mol. The van der Waals surface area contributed by atoms with Crippen LogP contribution in [0.15, 0.2) is 48.5 Å². The van der Waals surface area contributed by atoms with Gasteiger partial charge in [-0.3, -0.25) is 0 Å². The van der Waals surface area contributed by atoms with E-state index >= 15 is 0 Å². The highest BCUT2D eigenvalue weighted by atomic mass is 19.1. The second-order valence-corrected chi connectivity index (χ2v) is 5.61. The number of carbonyl (C=O) groups excluding carboxylic acids is 1. The molecular formula is C18H21FN2O2. The molecule has 2 aromatic rings. The Morgan fingerprint density at radius 3 is 2.52 bits per heavy atom. The first-order valence-corrected chi connectivity index (χ1v) is 7.47. The van der Waals surface area contributed by atoms with Gasteiger partial charge in [0.25, 0.3) is 0 Å². The second-order valence-electron chi connectivity index (χ2n) is 5.61. The number of halogens is 1. The summed E-state index contributed by atoms with van der Waals surface area (Å²) in [7, 11) is 1.66. The molecule has 0 aliphatic carbocycles. The van der Waals surface area contributed by atoms with Gasteiger partial charge in [0.05, 0.1) is 6.10 Å². The van der Waals surface area contributed by atoms with E-state index in [-0.39, 0.29) is 18.0 Å². The van der Waals surface area contributed by atoms with Crippen LogP contribution in [0.2, 0.25) is 0 Å². The number of nitrogens with one attached hydrogen (secondary N) is 1. The quantitative estimate of drug-likeness (QED) is 0.894. The van der Waals surface area contributed by atoms with Crippen molar-refractivity contribution in [3.8, 4) is 5.75 Å². The third kappa shape index (κ3) is 5.29. The number of ether oxygens (including phenoxy) is 1. The summed E-state index contributed by atoms with van der Waals surface area (Å²) in [4.78, 5) is 13.6. The number of hydrogen-bond acceptors (Lipinski definition) is 2. The number of carbonyl (C=O) groups is 1. The van der Waals surface area contributed by atoms with E-state index < -0.39 is 0 Å². The van der Waals surface area contributed by atoms with Crippen molar-refractivity contribution in [1.29, 1.82) is 0 Å². The molecule has 4 nitrogen and oxygen atoms in total. The maximum Gasteiger partial charge on any atom is 0.321 e. The molecule has 0 bridgehead atoms. The van der Waals surface area contributed by atoms with Crippen molar-refractivity contribution in [1.82, 2.24) is 4.90 Å². The Balaban J connectivity index is 1.92. The lowest BCUT2D eigenvalue weighted by Gasteiger charge is -2.18. The minimum Gasteiger partial charge on any atom is -0.491 e. The van der Waals surface area contributed by atoms with Gasteiger partial charge in [-0.1, -0.05) is 12.1 Å². The van der Waals surface area contributed by atoms with Crippen molar-refractivity contribution in [2.45, 2.75) is 26.5 Å². The first kappa shape index (κ1) is 16.8. The van der Waals surface area contributed by atoms with Gasteiger partial charge in [-0.2, -0.15) is 0 Å². The van der Waals surface area contributed by atoms with Gasteiger partial charge in [0.2, 0.25) is 0 Å². The molecule has 2 amide bonds. The zero-order valence-corrected chi connectivity index (χ0v) is 13.5. The normalized spacial score (nSPS) is 10.5. The fourth-order valence-electron chi connectivity index (χ4n) is 2.09. The van der Waals surface area contributed by atoms with E-state index in [4.69, 9.17) is 4.74 Å². The van der Waals surface area contributed by atoms with E-state index in [0.717, 1.165) is 11.3 Å². The summed E-state index contributed by atoms with van der Waals surface area (Å²) in [5.41, 5.74) is 1.42. The molecule has 0 radical (unpaired) electrons. The van der Waals surface area contributed by atoms with E-state index in [1.54, 1.807) is 31.3 Å². The molecule has 0 saturated heterocycles. The van der Waals surface area contributed by atoms with Crippen LogP contribution in [0.5, 0.6) is 5.75 Å². The molecule has 5 heteroatoms. The van der Waals surface area contributed by atoms with Crippen molar-refractivity contribution in [3.05, 3.63) is 59.9 Å². The van der Waals surface area contributed by atoms with Crippen LogP contribution in [0.25, 0.3) is 0 Å². The lowest BCUT2D eigenvalue weighted by atomic mass is 10.2. The molecular weight excluding hydrogens is 295 g/mol. The average Bonchev–Trinajstić information content (AvgIpc) is 2.48. The van der Waals surface area contributed by atoms with Crippen LogP contribution in [-0.2, 0) is 6.54 Å². The van der Waals surface area contributed by atoms with Gasteiger partial charge in [0.1, 0.15) is 11.6 Å². The molecule has 0 saturated carbocycles. The monoisotopic (exact) mass is 316 g/mol. The third-order valence-electron chi connectivity index (χ3n) is 3.13. The van der Waals surface area contributed by atoms with Gasteiger partial charge < -0.3 is 15.0 Å². The maximum absolute atomic E-state index is 13.2. The molecule has 0 aliphatic heterocycles. The highest BCUT2D eigenvalue weighted by Gasteiger charge is 2.10. The van der Waals surface area contributed by atoms with Gasteiger partial charge >= 0.3 is 6.03 Å². The van der Waals surface area contributed by atoms with E-state index in [2.05, 4.69) is 5.32 Å². The van der Waals surface area contributed by atoms with Crippen LogP contribution in [-0.4, -0.2) is 24.1 Å². The summed E-state index contributed by atoms with van der Waals surface area (Å²) in [6, 6.07) is 13.1. The summed E-state index contributed by atoms with van der Waals surface area (Å²) in [5.74, 6) is 0.447. The Morgan fingerprint density at radius 1 is 1.22 bits per heavy atom. The van der Waals surface area contributed by atoms with E-state index in [0.29, 0.717) is 12.2 Å². The number of hydrogen-bond donors (Lipinski definition) is 1. The molecule has 2 rings (SSSR count). The standard InChI is InChI=1S/C18H21FN2O2/c1-13(2)23-17-9-7-16(8-10-17)20-18(22)21(3)12-14-5-4-6-15(19)11-14/h4-11,13H,12H2,1-3H3,(H,20,22). The van der Waals surface area contributed by atoms with E-state index in [1.807, 2.05) is 26.0 Å².